The predicted molar refractivity (Wildman–Crippen MR) is 93.4 cm³/mol. The van der Waals surface area contributed by atoms with Crippen molar-refractivity contribution < 1.29 is 0 Å². The maximum absolute atomic E-state index is 3.40. The Morgan fingerprint density at radius 1 is 0.895 bits per heavy atom. The second-order valence-corrected chi connectivity index (χ2v) is 3.44. The van der Waals surface area contributed by atoms with E-state index in [0.29, 0.717) is 0 Å². The molecule has 0 spiro atoms. The predicted octanol–water partition coefficient (Wildman–Crippen LogP) is 6.46. The number of hydrogen-bond acceptors (Lipinski definition) is 1. The highest BCUT2D eigenvalue weighted by molar-refractivity contribution is 5.53. The highest BCUT2D eigenvalue weighted by Crippen LogP contribution is 2.18. The van der Waals surface area contributed by atoms with Gasteiger partial charge < -0.3 is 5.32 Å². The molecule has 0 amide bonds. The van der Waals surface area contributed by atoms with Gasteiger partial charge in [0.05, 0.1) is 0 Å². The van der Waals surface area contributed by atoms with Crippen LogP contribution in [0.1, 0.15) is 72.9 Å². The standard InChI is InChI=1S/C12H19N.3C2H6/c1-4-6-11-8-7-10(3)9-12(11)13-5-2;3*1-2/h7-9,13H,4-6H2,1-3H3;3*1-2H3. The van der Waals surface area contributed by atoms with Crippen molar-refractivity contribution in [2.24, 2.45) is 0 Å². The van der Waals surface area contributed by atoms with Gasteiger partial charge in [-0.25, -0.2) is 0 Å². The number of benzene rings is 1. The second-order valence-electron chi connectivity index (χ2n) is 3.44. The van der Waals surface area contributed by atoms with Gasteiger partial charge in [0.2, 0.25) is 0 Å². The lowest BCUT2D eigenvalue weighted by atomic mass is 10.1. The van der Waals surface area contributed by atoms with Crippen LogP contribution in [0.25, 0.3) is 0 Å². The van der Waals surface area contributed by atoms with Crippen LogP contribution < -0.4 is 5.32 Å². The van der Waals surface area contributed by atoms with Crippen LogP contribution in [0.15, 0.2) is 18.2 Å². The fraction of sp³-hybridized carbons (Fsp3) is 0.667. The van der Waals surface area contributed by atoms with Crippen molar-refractivity contribution in [3.8, 4) is 0 Å². The average Bonchev–Trinajstić information content (AvgIpc) is 2.49. The van der Waals surface area contributed by atoms with E-state index in [1.165, 1.54) is 29.7 Å². The van der Waals surface area contributed by atoms with Crippen molar-refractivity contribution in [1.82, 2.24) is 0 Å². The lowest BCUT2D eigenvalue weighted by Crippen LogP contribution is -2.01. The van der Waals surface area contributed by atoms with E-state index in [2.05, 4.69) is 44.3 Å². The van der Waals surface area contributed by atoms with E-state index < -0.39 is 0 Å². The van der Waals surface area contributed by atoms with Gasteiger partial charge in [-0.3, -0.25) is 0 Å². The molecular weight excluding hydrogens is 230 g/mol. The SMILES string of the molecule is CC.CC.CC.CCCc1ccc(C)cc1NCC. The van der Waals surface area contributed by atoms with Gasteiger partial charge in [-0.15, -0.1) is 0 Å². The molecule has 0 aromatic heterocycles. The normalized spacial score (nSPS) is 7.84. The maximum Gasteiger partial charge on any atom is 0.0375 e. The number of aryl methyl sites for hydroxylation is 2. The zero-order chi connectivity index (χ0) is 15.7. The van der Waals surface area contributed by atoms with E-state index in [-0.39, 0.29) is 0 Å². The number of nitrogens with one attached hydrogen (secondary N) is 1. The van der Waals surface area contributed by atoms with Crippen molar-refractivity contribution in [2.75, 3.05) is 11.9 Å². The van der Waals surface area contributed by atoms with Crippen molar-refractivity contribution in [2.45, 2.75) is 75.2 Å². The summed E-state index contributed by atoms with van der Waals surface area (Å²) in [7, 11) is 0. The van der Waals surface area contributed by atoms with Crippen molar-refractivity contribution in [3.63, 3.8) is 0 Å². The summed E-state index contributed by atoms with van der Waals surface area (Å²) >= 11 is 0. The minimum Gasteiger partial charge on any atom is -0.385 e. The molecule has 1 N–H and O–H groups in total. The average molecular weight is 268 g/mol. The number of anilines is 1. The van der Waals surface area contributed by atoms with E-state index in [0.717, 1.165) is 6.54 Å². The minimum absolute atomic E-state index is 1.00. The first-order valence-electron chi connectivity index (χ1n) is 8.11. The van der Waals surface area contributed by atoms with Gasteiger partial charge in [-0.05, 0) is 37.5 Å². The van der Waals surface area contributed by atoms with Crippen LogP contribution in [0.2, 0.25) is 0 Å². The summed E-state index contributed by atoms with van der Waals surface area (Å²) in [5.41, 5.74) is 4.08. The van der Waals surface area contributed by atoms with Gasteiger partial charge in [0.25, 0.3) is 0 Å². The van der Waals surface area contributed by atoms with Gasteiger partial charge in [0.1, 0.15) is 0 Å². The zero-order valence-corrected chi connectivity index (χ0v) is 14.9. The van der Waals surface area contributed by atoms with E-state index in [9.17, 15) is 0 Å². The molecule has 0 bridgehead atoms. The van der Waals surface area contributed by atoms with Gasteiger partial charge in [0, 0.05) is 12.2 Å². The molecule has 0 saturated heterocycles. The Labute approximate surface area is 122 Å². The van der Waals surface area contributed by atoms with Crippen molar-refractivity contribution >= 4 is 5.69 Å². The molecule has 1 nitrogen and oxygen atoms in total. The molecule has 0 aliphatic rings. The highest BCUT2D eigenvalue weighted by Gasteiger charge is 1.99. The summed E-state index contributed by atoms with van der Waals surface area (Å²) in [6.45, 7) is 19.5. The van der Waals surface area contributed by atoms with Crippen LogP contribution in [0.3, 0.4) is 0 Å². The molecule has 0 unspecified atom stereocenters. The molecule has 0 saturated carbocycles. The molecule has 0 aliphatic carbocycles. The van der Waals surface area contributed by atoms with E-state index in [4.69, 9.17) is 0 Å². The van der Waals surface area contributed by atoms with Crippen LogP contribution in [0.4, 0.5) is 5.69 Å². The summed E-state index contributed by atoms with van der Waals surface area (Å²) < 4.78 is 0. The minimum atomic E-state index is 1.00. The van der Waals surface area contributed by atoms with Gasteiger partial charge in [0.15, 0.2) is 0 Å². The summed E-state index contributed by atoms with van der Waals surface area (Å²) in [6, 6.07) is 6.65. The van der Waals surface area contributed by atoms with Crippen molar-refractivity contribution in [3.05, 3.63) is 29.3 Å². The molecule has 1 aromatic carbocycles. The Hall–Kier alpha value is -0.980. The molecule has 0 heterocycles. The quantitative estimate of drug-likeness (QED) is 0.660. The first kappa shape index (κ1) is 23.1. The summed E-state index contributed by atoms with van der Waals surface area (Å²) in [6.07, 6.45) is 2.38. The highest BCUT2D eigenvalue weighted by atomic mass is 14.9. The molecule has 0 aliphatic heterocycles. The number of rotatable bonds is 4. The molecular formula is C18H37N. The fourth-order valence-electron chi connectivity index (χ4n) is 1.53. The summed E-state index contributed by atoms with van der Waals surface area (Å²) in [5.74, 6) is 0. The van der Waals surface area contributed by atoms with Crippen LogP contribution in [-0.4, -0.2) is 6.54 Å². The van der Waals surface area contributed by atoms with E-state index >= 15 is 0 Å². The molecule has 1 rings (SSSR count). The Kier molecular flexibility index (Phi) is 23.6. The first-order chi connectivity index (χ1) is 9.27. The lowest BCUT2D eigenvalue weighted by molar-refractivity contribution is 0.920. The zero-order valence-electron chi connectivity index (χ0n) is 14.9. The molecule has 1 aromatic rings. The number of hydrogen-bond donors (Lipinski definition) is 1. The third kappa shape index (κ3) is 11.8. The van der Waals surface area contributed by atoms with Gasteiger partial charge in [-0.1, -0.05) is 67.0 Å². The first-order valence-corrected chi connectivity index (χ1v) is 8.11. The largest absolute Gasteiger partial charge is 0.385 e. The monoisotopic (exact) mass is 267 g/mol. The van der Waals surface area contributed by atoms with Crippen LogP contribution in [0, 0.1) is 6.92 Å². The van der Waals surface area contributed by atoms with Crippen LogP contribution in [-0.2, 0) is 6.42 Å². The summed E-state index contributed by atoms with van der Waals surface area (Å²) in [4.78, 5) is 0. The molecule has 0 atom stereocenters. The topological polar surface area (TPSA) is 12.0 Å². The van der Waals surface area contributed by atoms with Crippen molar-refractivity contribution in [1.29, 1.82) is 0 Å². The Bertz CT molecular complexity index is 266. The van der Waals surface area contributed by atoms with Gasteiger partial charge >= 0.3 is 0 Å². The Balaban J connectivity index is -0.000000375. The van der Waals surface area contributed by atoms with E-state index in [1.54, 1.807) is 0 Å². The molecule has 0 fully saturated rings. The third-order valence-electron chi connectivity index (χ3n) is 2.15. The van der Waals surface area contributed by atoms with Crippen LogP contribution in [0.5, 0.6) is 0 Å². The summed E-state index contributed by atoms with van der Waals surface area (Å²) in [5, 5.41) is 3.40. The molecule has 0 radical (unpaired) electrons. The smallest absolute Gasteiger partial charge is 0.0375 e. The molecule has 114 valence electrons. The van der Waals surface area contributed by atoms with Crippen LogP contribution >= 0.6 is 0 Å². The molecule has 1 heteroatoms. The Morgan fingerprint density at radius 3 is 1.84 bits per heavy atom. The van der Waals surface area contributed by atoms with Gasteiger partial charge in [-0.2, -0.15) is 0 Å². The Morgan fingerprint density at radius 2 is 1.42 bits per heavy atom. The lowest BCUT2D eigenvalue weighted by Gasteiger charge is -2.10. The fourth-order valence-corrected chi connectivity index (χ4v) is 1.53. The second kappa shape index (κ2) is 19.4. The third-order valence-corrected chi connectivity index (χ3v) is 2.15. The van der Waals surface area contributed by atoms with E-state index in [1.807, 2.05) is 41.5 Å². The molecule has 19 heavy (non-hydrogen) atoms. The maximum atomic E-state index is 3.40.